The minimum atomic E-state index is -1.75. The molecule has 11 heteroatoms. The van der Waals surface area contributed by atoms with Gasteiger partial charge in [0.2, 0.25) is 3.79 Å². The number of alkyl halides is 3. The molecule has 0 saturated heterocycles. The number of aromatic amines is 1. The van der Waals surface area contributed by atoms with Crippen LogP contribution in [0.25, 0.3) is 21.8 Å². The monoisotopic (exact) mass is 506 g/mol. The lowest BCUT2D eigenvalue weighted by Gasteiger charge is -2.11. The van der Waals surface area contributed by atoms with Crippen LogP contribution in [-0.2, 0) is 4.74 Å². The Balaban J connectivity index is 1.45. The summed E-state index contributed by atoms with van der Waals surface area (Å²) < 4.78 is 4.47. The van der Waals surface area contributed by atoms with Crippen LogP contribution in [-0.4, -0.2) is 44.4 Å². The number of rotatable bonds is 5. The molecule has 0 saturated carbocycles. The average Bonchev–Trinajstić information content (AvgIpc) is 3.38. The molecule has 2 aromatic carbocycles. The molecule has 0 fully saturated rings. The van der Waals surface area contributed by atoms with E-state index in [0.29, 0.717) is 22.2 Å². The molecule has 0 aliphatic heterocycles. The number of fused-ring (bicyclic) bond motifs is 2. The minimum Gasteiger partial charge on any atom is -0.444 e. The second-order valence-corrected chi connectivity index (χ2v) is 9.59. The van der Waals surface area contributed by atoms with Crippen molar-refractivity contribution < 1.29 is 19.1 Å². The lowest BCUT2D eigenvalue weighted by Crippen LogP contribution is -2.33. The van der Waals surface area contributed by atoms with Gasteiger partial charge in [-0.3, -0.25) is 9.36 Å². The number of anilines is 1. The normalized spacial score (nSPS) is 11.5. The van der Waals surface area contributed by atoms with Crippen LogP contribution in [0.5, 0.6) is 0 Å². The zero-order valence-electron chi connectivity index (χ0n) is 16.9. The van der Waals surface area contributed by atoms with Gasteiger partial charge in [0, 0.05) is 34.2 Å². The number of para-hydroxylation sites is 2. The molecular weight excluding hydrogens is 491 g/mol. The Morgan fingerprint density at radius 3 is 2.45 bits per heavy atom. The zero-order chi connectivity index (χ0) is 23.6. The van der Waals surface area contributed by atoms with Crippen molar-refractivity contribution in [2.24, 2.45) is 0 Å². The highest BCUT2D eigenvalue weighted by Crippen LogP contribution is 2.28. The molecule has 4 aromatic rings. The molecule has 0 radical (unpaired) electrons. The number of carbonyl (C=O) groups is 3. The molecule has 2 heterocycles. The number of benzene rings is 2. The van der Waals surface area contributed by atoms with E-state index in [1.54, 1.807) is 30.5 Å². The van der Waals surface area contributed by atoms with Crippen molar-refractivity contribution in [1.29, 1.82) is 0 Å². The number of ketones is 1. The summed E-state index contributed by atoms with van der Waals surface area (Å²) in [5.41, 5.74) is 2.14. The van der Waals surface area contributed by atoms with Crippen molar-refractivity contribution in [1.82, 2.24) is 14.9 Å². The third-order valence-corrected chi connectivity index (χ3v) is 5.14. The lowest BCUT2D eigenvalue weighted by atomic mass is 10.1. The van der Waals surface area contributed by atoms with Crippen LogP contribution in [0, 0.1) is 0 Å². The summed E-state index contributed by atoms with van der Waals surface area (Å²) in [6, 6.07) is 13.7. The van der Waals surface area contributed by atoms with E-state index >= 15 is 0 Å². The van der Waals surface area contributed by atoms with Crippen molar-refractivity contribution in [2.45, 2.75) is 3.79 Å². The average molecular weight is 508 g/mol. The second kappa shape index (κ2) is 9.35. The van der Waals surface area contributed by atoms with Gasteiger partial charge in [-0.05, 0) is 12.1 Å². The highest BCUT2D eigenvalue weighted by atomic mass is 35.6. The number of amides is 2. The molecule has 2 amide bonds. The number of aromatic nitrogens is 2. The van der Waals surface area contributed by atoms with Crippen LogP contribution in [0.1, 0.15) is 10.4 Å². The van der Waals surface area contributed by atoms with Gasteiger partial charge in [0.05, 0.1) is 17.7 Å². The van der Waals surface area contributed by atoms with Crippen LogP contribution >= 0.6 is 34.8 Å². The highest BCUT2D eigenvalue weighted by Gasteiger charge is 2.24. The minimum absolute atomic E-state index is 0.211. The van der Waals surface area contributed by atoms with Crippen LogP contribution in [0.2, 0.25) is 0 Å². The quantitative estimate of drug-likeness (QED) is 0.246. The number of H-pyrrole nitrogens is 1. The fourth-order valence-corrected chi connectivity index (χ4v) is 3.53. The van der Waals surface area contributed by atoms with E-state index in [1.165, 1.54) is 10.8 Å². The van der Waals surface area contributed by atoms with E-state index < -0.39 is 22.5 Å². The first-order valence-electron chi connectivity index (χ1n) is 9.71. The number of Topliss-reactive ketones (excluding diaryl/α,β-unsaturated/α-hetero) is 1. The van der Waals surface area contributed by atoms with E-state index in [0.717, 1.165) is 10.9 Å². The third kappa shape index (κ3) is 5.24. The highest BCUT2D eigenvalue weighted by molar-refractivity contribution is 6.67. The molecular formula is C22H17Cl3N4O4. The first-order valence-corrected chi connectivity index (χ1v) is 10.8. The van der Waals surface area contributed by atoms with Gasteiger partial charge in [0.15, 0.2) is 5.78 Å². The second-order valence-electron chi connectivity index (χ2n) is 7.08. The summed E-state index contributed by atoms with van der Waals surface area (Å²) in [6.07, 6.45) is 2.23. The predicted octanol–water partition coefficient (Wildman–Crippen LogP) is 5.48. The summed E-state index contributed by atoms with van der Waals surface area (Å²) in [5.74, 6) is -0.250. The maximum atomic E-state index is 12.6. The molecule has 33 heavy (non-hydrogen) atoms. The molecule has 0 bridgehead atoms. The van der Waals surface area contributed by atoms with Crippen LogP contribution in [0.4, 0.5) is 15.3 Å². The van der Waals surface area contributed by atoms with E-state index in [9.17, 15) is 14.4 Å². The van der Waals surface area contributed by atoms with Crippen molar-refractivity contribution in [3.05, 3.63) is 66.5 Å². The third-order valence-electron chi connectivity index (χ3n) is 4.82. The largest absolute Gasteiger partial charge is 0.444 e. The topological polar surface area (TPSA) is 105 Å². The lowest BCUT2D eigenvalue weighted by molar-refractivity contribution is 0.0994. The van der Waals surface area contributed by atoms with Gasteiger partial charge < -0.3 is 20.4 Å². The molecule has 0 aliphatic rings. The molecule has 2 aromatic heterocycles. The standard InChI is InChI=1S/C22H17Cl3N4O4/c23-22(24,25)12-33-21(32)29-11-17(14-6-2-4-8-18(14)29)28-20(31)27-10-19(30)15-9-26-16-7-3-1-5-13(15)16/h1-9,11,26H,10,12H2,(H2,27,28,31). The van der Waals surface area contributed by atoms with E-state index in [4.69, 9.17) is 39.5 Å². The zero-order valence-corrected chi connectivity index (χ0v) is 19.2. The maximum absolute atomic E-state index is 12.6. The molecule has 0 spiro atoms. The Kier molecular flexibility index (Phi) is 6.51. The summed E-state index contributed by atoms with van der Waals surface area (Å²) in [5, 5.41) is 6.56. The summed E-state index contributed by atoms with van der Waals surface area (Å²) in [6.45, 7) is -0.653. The summed E-state index contributed by atoms with van der Waals surface area (Å²) in [7, 11) is 0. The number of nitrogens with one attached hydrogen (secondary N) is 3. The Labute approximate surface area is 202 Å². The van der Waals surface area contributed by atoms with Gasteiger partial charge in [-0.25, -0.2) is 9.59 Å². The first kappa shape index (κ1) is 23.0. The Morgan fingerprint density at radius 2 is 1.70 bits per heavy atom. The molecule has 3 N–H and O–H groups in total. The molecule has 0 atom stereocenters. The van der Waals surface area contributed by atoms with Gasteiger partial charge in [-0.2, -0.15) is 0 Å². The SMILES string of the molecule is O=C(NCC(=O)c1c[nH]c2ccccc12)Nc1cn(C(=O)OCC(Cl)(Cl)Cl)c2ccccc12. The maximum Gasteiger partial charge on any atom is 0.418 e. The molecule has 0 aliphatic carbocycles. The number of carbonyl (C=O) groups excluding carboxylic acids is 3. The molecule has 8 nitrogen and oxygen atoms in total. The molecule has 4 rings (SSSR count). The van der Waals surface area contributed by atoms with E-state index in [1.807, 2.05) is 24.3 Å². The number of hydrogen-bond donors (Lipinski definition) is 3. The van der Waals surface area contributed by atoms with Crippen LogP contribution < -0.4 is 10.6 Å². The van der Waals surface area contributed by atoms with Crippen molar-refractivity contribution >= 4 is 80.2 Å². The van der Waals surface area contributed by atoms with E-state index in [2.05, 4.69) is 15.6 Å². The number of ether oxygens (including phenoxy) is 1. The van der Waals surface area contributed by atoms with Gasteiger partial charge in [-0.15, -0.1) is 0 Å². The first-order chi connectivity index (χ1) is 15.7. The predicted molar refractivity (Wildman–Crippen MR) is 129 cm³/mol. The van der Waals surface area contributed by atoms with Gasteiger partial charge in [0.1, 0.15) is 6.61 Å². The smallest absolute Gasteiger partial charge is 0.418 e. The van der Waals surface area contributed by atoms with Crippen molar-refractivity contribution in [3.63, 3.8) is 0 Å². The van der Waals surface area contributed by atoms with Crippen LogP contribution in [0.15, 0.2) is 60.9 Å². The van der Waals surface area contributed by atoms with Gasteiger partial charge in [-0.1, -0.05) is 71.2 Å². The Bertz CT molecular complexity index is 1360. The van der Waals surface area contributed by atoms with Crippen LogP contribution in [0.3, 0.4) is 0 Å². The van der Waals surface area contributed by atoms with Gasteiger partial charge in [0.25, 0.3) is 0 Å². The number of halogens is 3. The summed E-state index contributed by atoms with van der Waals surface area (Å²) >= 11 is 16.9. The van der Waals surface area contributed by atoms with Gasteiger partial charge >= 0.3 is 12.1 Å². The number of nitrogens with zero attached hydrogens (tertiary/aromatic N) is 1. The van der Waals surface area contributed by atoms with Crippen molar-refractivity contribution in [3.8, 4) is 0 Å². The summed E-state index contributed by atoms with van der Waals surface area (Å²) in [4.78, 5) is 40.5. The molecule has 170 valence electrons. The Hall–Kier alpha value is -3.20. The molecule has 0 unspecified atom stereocenters. The number of urea groups is 1. The number of hydrogen-bond acceptors (Lipinski definition) is 4. The Morgan fingerprint density at radius 1 is 1.00 bits per heavy atom. The van der Waals surface area contributed by atoms with Crippen molar-refractivity contribution in [2.75, 3.05) is 18.5 Å². The fraction of sp³-hybridized carbons (Fsp3) is 0.136. The fourth-order valence-electron chi connectivity index (χ4n) is 3.37. The van der Waals surface area contributed by atoms with E-state index in [-0.39, 0.29) is 12.3 Å².